The van der Waals surface area contributed by atoms with Crippen LogP contribution in [0.3, 0.4) is 0 Å². The number of nitrogens with two attached hydrogens (primary N) is 1. The second-order valence-electron chi connectivity index (χ2n) is 4.94. The SMILES string of the molecule is Cc1cc(C)cc(CS(=O)(=O)CCCCCN)c1. The maximum Gasteiger partial charge on any atom is 0.154 e. The quantitative estimate of drug-likeness (QED) is 0.773. The molecule has 0 radical (unpaired) electrons. The minimum absolute atomic E-state index is 0.151. The number of unbranched alkanes of at least 4 members (excludes halogenated alkanes) is 2. The Morgan fingerprint density at radius 1 is 1.00 bits per heavy atom. The Bertz CT molecular complexity index is 460. The fourth-order valence-corrected chi connectivity index (χ4v) is 3.58. The summed E-state index contributed by atoms with van der Waals surface area (Å²) in [5.41, 5.74) is 8.51. The number of hydrogen-bond acceptors (Lipinski definition) is 3. The lowest BCUT2D eigenvalue weighted by atomic mass is 10.1. The average molecular weight is 269 g/mol. The summed E-state index contributed by atoms with van der Waals surface area (Å²) in [5, 5.41) is 0. The zero-order chi connectivity index (χ0) is 13.6. The van der Waals surface area contributed by atoms with Gasteiger partial charge in [0.1, 0.15) is 0 Å². The lowest BCUT2D eigenvalue weighted by Crippen LogP contribution is -2.10. The van der Waals surface area contributed by atoms with E-state index in [0.29, 0.717) is 13.0 Å². The number of sulfone groups is 1. The number of benzene rings is 1. The van der Waals surface area contributed by atoms with Crippen molar-refractivity contribution >= 4 is 9.84 Å². The maximum absolute atomic E-state index is 12.0. The first-order valence-electron chi connectivity index (χ1n) is 6.40. The molecule has 2 N–H and O–H groups in total. The van der Waals surface area contributed by atoms with Gasteiger partial charge in [0.15, 0.2) is 9.84 Å². The van der Waals surface area contributed by atoms with Crippen LogP contribution in [-0.2, 0) is 15.6 Å². The van der Waals surface area contributed by atoms with Crippen molar-refractivity contribution in [1.82, 2.24) is 0 Å². The van der Waals surface area contributed by atoms with Crippen LogP contribution in [0.5, 0.6) is 0 Å². The van der Waals surface area contributed by atoms with Crippen LogP contribution in [0.15, 0.2) is 18.2 Å². The van der Waals surface area contributed by atoms with Gasteiger partial charge in [-0.15, -0.1) is 0 Å². The molecule has 102 valence electrons. The summed E-state index contributed by atoms with van der Waals surface area (Å²) in [6, 6.07) is 5.95. The van der Waals surface area contributed by atoms with Crippen molar-refractivity contribution < 1.29 is 8.42 Å². The van der Waals surface area contributed by atoms with Crippen LogP contribution >= 0.6 is 0 Å². The molecule has 1 aromatic carbocycles. The van der Waals surface area contributed by atoms with Crippen LogP contribution in [0.2, 0.25) is 0 Å². The zero-order valence-electron chi connectivity index (χ0n) is 11.3. The largest absolute Gasteiger partial charge is 0.330 e. The normalized spacial score (nSPS) is 11.7. The Labute approximate surface area is 110 Å². The highest BCUT2D eigenvalue weighted by Gasteiger charge is 2.12. The first kappa shape index (κ1) is 15.2. The molecule has 0 fully saturated rings. The highest BCUT2D eigenvalue weighted by Crippen LogP contribution is 2.13. The lowest BCUT2D eigenvalue weighted by Gasteiger charge is -2.06. The fraction of sp³-hybridized carbons (Fsp3) is 0.571. The summed E-state index contributed by atoms with van der Waals surface area (Å²) in [7, 11) is -2.99. The molecule has 0 aromatic heterocycles. The van der Waals surface area contributed by atoms with E-state index in [1.807, 2.05) is 26.0 Å². The maximum atomic E-state index is 12.0. The molecule has 1 aromatic rings. The molecule has 0 aliphatic heterocycles. The van der Waals surface area contributed by atoms with E-state index < -0.39 is 9.84 Å². The summed E-state index contributed by atoms with van der Waals surface area (Å²) >= 11 is 0. The molecule has 4 heteroatoms. The fourth-order valence-electron chi connectivity index (χ4n) is 2.12. The predicted octanol–water partition coefficient (Wildman–Crippen LogP) is 2.35. The van der Waals surface area contributed by atoms with Crippen LogP contribution < -0.4 is 5.73 Å². The molecule has 0 atom stereocenters. The number of rotatable bonds is 7. The minimum atomic E-state index is -2.99. The van der Waals surface area contributed by atoms with Crippen LogP contribution in [0.25, 0.3) is 0 Å². The van der Waals surface area contributed by atoms with Gasteiger partial charge in [-0.25, -0.2) is 8.42 Å². The van der Waals surface area contributed by atoms with Crippen molar-refractivity contribution in [1.29, 1.82) is 0 Å². The second kappa shape index (κ2) is 6.90. The summed E-state index contributed by atoms with van der Waals surface area (Å²) < 4.78 is 23.9. The van der Waals surface area contributed by atoms with Gasteiger partial charge in [0.05, 0.1) is 11.5 Å². The van der Waals surface area contributed by atoms with Crippen LogP contribution in [-0.4, -0.2) is 20.7 Å². The Hall–Kier alpha value is -0.870. The molecular formula is C14H23NO2S. The van der Waals surface area contributed by atoms with Crippen LogP contribution in [0.1, 0.15) is 36.0 Å². The smallest absolute Gasteiger partial charge is 0.154 e. The van der Waals surface area contributed by atoms with E-state index in [9.17, 15) is 8.42 Å². The Morgan fingerprint density at radius 3 is 2.17 bits per heavy atom. The molecule has 0 spiro atoms. The Kier molecular flexibility index (Phi) is 5.82. The summed E-state index contributed by atoms with van der Waals surface area (Å²) in [6.07, 6.45) is 2.51. The standard InChI is InChI=1S/C14H23NO2S/c1-12-8-13(2)10-14(9-12)11-18(16,17)7-5-3-4-6-15/h8-10H,3-7,11,15H2,1-2H3. The monoisotopic (exact) mass is 269 g/mol. The third-order valence-electron chi connectivity index (χ3n) is 2.83. The summed E-state index contributed by atoms with van der Waals surface area (Å²) in [6.45, 7) is 4.62. The van der Waals surface area contributed by atoms with E-state index >= 15 is 0 Å². The lowest BCUT2D eigenvalue weighted by molar-refractivity contribution is 0.589. The van der Waals surface area contributed by atoms with Gasteiger partial charge >= 0.3 is 0 Å². The van der Waals surface area contributed by atoms with E-state index in [0.717, 1.165) is 29.5 Å². The molecule has 0 unspecified atom stereocenters. The van der Waals surface area contributed by atoms with Gasteiger partial charge in [-0.2, -0.15) is 0 Å². The summed E-state index contributed by atoms with van der Waals surface area (Å²) in [5.74, 6) is 0.415. The van der Waals surface area contributed by atoms with Gasteiger partial charge in [-0.05, 0) is 38.8 Å². The van der Waals surface area contributed by atoms with E-state index in [-0.39, 0.29) is 11.5 Å². The van der Waals surface area contributed by atoms with Gasteiger partial charge in [-0.3, -0.25) is 0 Å². The molecule has 0 aliphatic rings. The van der Waals surface area contributed by atoms with E-state index in [4.69, 9.17) is 5.73 Å². The van der Waals surface area contributed by atoms with E-state index in [1.54, 1.807) is 0 Å². The highest BCUT2D eigenvalue weighted by molar-refractivity contribution is 7.90. The summed E-state index contributed by atoms with van der Waals surface area (Å²) in [4.78, 5) is 0. The van der Waals surface area contributed by atoms with Gasteiger partial charge in [0, 0.05) is 0 Å². The molecule has 0 amide bonds. The van der Waals surface area contributed by atoms with Crippen molar-refractivity contribution in [2.75, 3.05) is 12.3 Å². The van der Waals surface area contributed by atoms with E-state index in [2.05, 4.69) is 6.07 Å². The van der Waals surface area contributed by atoms with Crippen LogP contribution in [0.4, 0.5) is 0 Å². The van der Waals surface area contributed by atoms with Crippen molar-refractivity contribution in [2.24, 2.45) is 5.73 Å². The van der Waals surface area contributed by atoms with Crippen molar-refractivity contribution in [2.45, 2.75) is 38.9 Å². The van der Waals surface area contributed by atoms with Crippen molar-refractivity contribution in [3.05, 3.63) is 34.9 Å². The van der Waals surface area contributed by atoms with Gasteiger partial charge < -0.3 is 5.73 Å². The molecule has 0 saturated carbocycles. The topological polar surface area (TPSA) is 60.2 Å². The first-order valence-corrected chi connectivity index (χ1v) is 8.23. The van der Waals surface area contributed by atoms with Gasteiger partial charge in [0.25, 0.3) is 0 Å². The highest BCUT2D eigenvalue weighted by atomic mass is 32.2. The minimum Gasteiger partial charge on any atom is -0.330 e. The third kappa shape index (κ3) is 5.65. The molecule has 1 rings (SSSR count). The third-order valence-corrected chi connectivity index (χ3v) is 4.51. The second-order valence-corrected chi connectivity index (χ2v) is 7.12. The molecule has 0 bridgehead atoms. The Morgan fingerprint density at radius 2 is 1.61 bits per heavy atom. The Balaban J connectivity index is 2.59. The predicted molar refractivity (Wildman–Crippen MR) is 76.3 cm³/mol. The zero-order valence-corrected chi connectivity index (χ0v) is 12.1. The molecule has 0 aliphatic carbocycles. The average Bonchev–Trinajstić information content (AvgIpc) is 2.22. The van der Waals surface area contributed by atoms with Gasteiger partial charge in [-0.1, -0.05) is 35.7 Å². The van der Waals surface area contributed by atoms with Crippen molar-refractivity contribution in [3.63, 3.8) is 0 Å². The molecular weight excluding hydrogens is 246 g/mol. The molecule has 0 saturated heterocycles. The van der Waals surface area contributed by atoms with Gasteiger partial charge in [0.2, 0.25) is 0 Å². The number of hydrogen-bond donors (Lipinski definition) is 1. The van der Waals surface area contributed by atoms with E-state index in [1.165, 1.54) is 0 Å². The first-order chi connectivity index (χ1) is 8.43. The molecule has 18 heavy (non-hydrogen) atoms. The molecule has 0 heterocycles. The number of aryl methyl sites for hydroxylation is 2. The van der Waals surface area contributed by atoms with Crippen molar-refractivity contribution in [3.8, 4) is 0 Å². The molecule has 3 nitrogen and oxygen atoms in total. The van der Waals surface area contributed by atoms with Crippen LogP contribution in [0, 0.1) is 13.8 Å².